The van der Waals surface area contributed by atoms with E-state index in [1.165, 1.54) is 23.6 Å². The van der Waals surface area contributed by atoms with Gasteiger partial charge in [0.05, 0.1) is 28.7 Å². The van der Waals surface area contributed by atoms with Crippen molar-refractivity contribution in [2.45, 2.75) is 0 Å². The van der Waals surface area contributed by atoms with Crippen LogP contribution in [0.15, 0.2) is 60.1 Å². The maximum atomic E-state index is 14.0. The molecule has 0 aliphatic rings. The van der Waals surface area contributed by atoms with Crippen molar-refractivity contribution in [2.75, 3.05) is 0 Å². The first-order valence-electron chi connectivity index (χ1n) is 8.28. The molecule has 0 saturated heterocycles. The highest BCUT2D eigenvalue weighted by Crippen LogP contribution is 2.31. The molecule has 2 heterocycles. The smallest absolute Gasteiger partial charge is 0.135 e. The van der Waals surface area contributed by atoms with Crippen molar-refractivity contribution in [3.63, 3.8) is 0 Å². The number of aromatic amines is 1. The standard InChI is InChI=1S/C21H12F2N4S/c22-16-7-4-8-17(23)19(16)18-12-28-21(26-18)14(10-24)9-15-11-25-27-20(15)13-5-2-1-3-6-13/h1-9,11-12H,(H,25,27)/b14-9+. The van der Waals surface area contributed by atoms with Gasteiger partial charge in [0.15, 0.2) is 0 Å². The molecule has 0 unspecified atom stereocenters. The number of nitriles is 1. The minimum Gasteiger partial charge on any atom is -0.277 e. The molecule has 4 rings (SSSR count). The summed E-state index contributed by atoms with van der Waals surface area (Å²) in [5, 5.41) is 18.5. The fourth-order valence-corrected chi connectivity index (χ4v) is 3.57. The zero-order chi connectivity index (χ0) is 19.5. The first kappa shape index (κ1) is 17.8. The van der Waals surface area contributed by atoms with E-state index in [0.29, 0.717) is 5.01 Å². The summed E-state index contributed by atoms with van der Waals surface area (Å²) in [6.07, 6.45) is 3.27. The quantitative estimate of drug-likeness (QED) is 0.465. The number of benzene rings is 2. The van der Waals surface area contributed by atoms with Gasteiger partial charge in [-0.2, -0.15) is 10.4 Å². The fraction of sp³-hybridized carbons (Fsp3) is 0. The van der Waals surface area contributed by atoms with Crippen LogP contribution in [0, 0.1) is 23.0 Å². The Morgan fingerprint density at radius 2 is 1.82 bits per heavy atom. The number of allylic oxidation sites excluding steroid dienone is 1. The van der Waals surface area contributed by atoms with Gasteiger partial charge in [-0.25, -0.2) is 13.8 Å². The molecular formula is C21H12F2N4S. The van der Waals surface area contributed by atoms with Gasteiger partial charge in [0.2, 0.25) is 0 Å². The second-order valence-electron chi connectivity index (χ2n) is 5.87. The molecule has 0 atom stereocenters. The molecule has 4 aromatic rings. The number of nitrogens with zero attached hydrogens (tertiary/aromatic N) is 3. The van der Waals surface area contributed by atoms with Gasteiger partial charge in [-0.15, -0.1) is 11.3 Å². The zero-order valence-electron chi connectivity index (χ0n) is 14.4. The number of aromatic nitrogens is 3. The van der Waals surface area contributed by atoms with Gasteiger partial charge in [-0.05, 0) is 18.2 Å². The highest BCUT2D eigenvalue weighted by atomic mass is 32.1. The Kier molecular flexibility index (Phi) is 4.79. The topological polar surface area (TPSA) is 65.4 Å². The first-order valence-corrected chi connectivity index (χ1v) is 9.16. The summed E-state index contributed by atoms with van der Waals surface area (Å²) >= 11 is 1.15. The van der Waals surface area contributed by atoms with Crippen LogP contribution < -0.4 is 0 Å². The van der Waals surface area contributed by atoms with E-state index in [2.05, 4.69) is 21.3 Å². The molecule has 0 saturated carbocycles. The van der Waals surface area contributed by atoms with Gasteiger partial charge < -0.3 is 0 Å². The third-order valence-electron chi connectivity index (χ3n) is 4.10. The van der Waals surface area contributed by atoms with Gasteiger partial charge in [0.1, 0.15) is 22.7 Å². The maximum absolute atomic E-state index is 14.0. The Labute approximate surface area is 163 Å². The summed E-state index contributed by atoms with van der Waals surface area (Å²) in [6.45, 7) is 0. The zero-order valence-corrected chi connectivity index (χ0v) is 15.2. The van der Waals surface area contributed by atoms with E-state index in [1.807, 2.05) is 30.3 Å². The molecule has 0 spiro atoms. The number of hydrogen-bond acceptors (Lipinski definition) is 4. The number of hydrogen-bond donors (Lipinski definition) is 1. The van der Waals surface area contributed by atoms with Crippen molar-refractivity contribution < 1.29 is 8.78 Å². The molecule has 0 radical (unpaired) electrons. The summed E-state index contributed by atoms with van der Waals surface area (Å²) in [4.78, 5) is 4.27. The number of thiazole rings is 1. The van der Waals surface area contributed by atoms with Crippen molar-refractivity contribution in [1.82, 2.24) is 15.2 Å². The average molecular weight is 390 g/mol. The van der Waals surface area contributed by atoms with Crippen molar-refractivity contribution >= 4 is 23.0 Å². The van der Waals surface area contributed by atoms with Crippen LogP contribution in [0.4, 0.5) is 8.78 Å². The van der Waals surface area contributed by atoms with Gasteiger partial charge in [-0.1, -0.05) is 36.4 Å². The summed E-state index contributed by atoms with van der Waals surface area (Å²) in [5.41, 5.74) is 2.66. The molecule has 2 aromatic heterocycles. The van der Waals surface area contributed by atoms with E-state index in [1.54, 1.807) is 12.3 Å². The number of halogens is 2. The largest absolute Gasteiger partial charge is 0.277 e. The molecule has 136 valence electrons. The van der Waals surface area contributed by atoms with Gasteiger partial charge >= 0.3 is 0 Å². The normalized spacial score (nSPS) is 11.4. The molecule has 0 aliphatic heterocycles. The molecule has 0 fully saturated rings. The highest BCUT2D eigenvalue weighted by molar-refractivity contribution is 7.11. The Morgan fingerprint density at radius 1 is 1.07 bits per heavy atom. The molecule has 2 aromatic carbocycles. The van der Waals surface area contributed by atoms with Crippen molar-refractivity contribution in [3.8, 4) is 28.6 Å². The number of H-pyrrole nitrogens is 1. The van der Waals surface area contributed by atoms with Crippen molar-refractivity contribution in [2.24, 2.45) is 0 Å². The summed E-state index contributed by atoms with van der Waals surface area (Å²) in [6, 6.07) is 15.3. The minimum absolute atomic E-state index is 0.159. The Bertz CT molecular complexity index is 1180. The molecule has 0 amide bonds. The van der Waals surface area contributed by atoms with E-state index in [0.717, 1.165) is 28.2 Å². The monoisotopic (exact) mass is 390 g/mol. The Morgan fingerprint density at radius 3 is 2.54 bits per heavy atom. The second kappa shape index (κ2) is 7.55. The van der Waals surface area contributed by atoms with E-state index in [-0.39, 0.29) is 16.8 Å². The van der Waals surface area contributed by atoms with Crippen LogP contribution in [-0.2, 0) is 0 Å². The SMILES string of the molecule is N#C/C(=C\c1cn[nH]c1-c1ccccc1)c1nc(-c2c(F)cccc2F)cs1. The molecule has 0 bridgehead atoms. The predicted octanol–water partition coefficient (Wildman–Crippen LogP) is 5.54. The van der Waals surface area contributed by atoms with Crippen molar-refractivity contribution in [3.05, 3.63) is 82.3 Å². The molecule has 0 aliphatic carbocycles. The van der Waals surface area contributed by atoms with Crippen LogP contribution in [0.1, 0.15) is 10.6 Å². The van der Waals surface area contributed by atoms with Gasteiger partial charge in [-0.3, -0.25) is 5.10 Å². The fourth-order valence-electron chi connectivity index (χ4n) is 2.79. The lowest BCUT2D eigenvalue weighted by Gasteiger charge is -2.01. The lowest BCUT2D eigenvalue weighted by atomic mass is 10.1. The maximum Gasteiger partial charge on any atom is 0.135 e. The molecular weight excluding hydrogens is 378 g/mol. The van der Waals surface area contributed by atoms with E-state index in [4.69, 9.17) is 0 Å². The number of nitrogens with one attached hydrogen (secondary N) is 1. The third kappa shape index (κ3) is 3.33. The van der Waals surface area contributed by atoms with E-state index < -0.39 is 11.6 Å². The van der Waals surface area contributed by atoms with Crippen LogP contribution in [0.25, 0.3) is 34.2 Å². The van der Waals surface area contributed by atoms with Crippen LogP contribution in [0.3, 0.4) is 0 Å². The second-order valence-corrected chi connectivity index (χ2v) is 6.73. The minimum atomic E-state index is -0.694. The highest BCUT2D eigenvalue weighted by Gasteiger charge is 2.16. The number of rotatable bonds is 4. The van der Waals surface area contributed by atoms with Crippen LogP contribution >= 0.6 is 11.3 Å². The molecule has 7 heteroatoms. The lowest BCUT2D eigenvalue weighted by Crippen LogP contribution is -1.90. The Hall–Kier alpha value is -3.63. The Balaban J connectivity index is 1.73. The first-order chi connectivity index (χ1) is 13.7. The predicted molar refractivity (Wildman–Crippen MR) is 105 cm³/mol. The lowest BCUT2D eigenvalue weighted by molar-refractivity contribution is 0.589. The van der Waals surface area contributed by atoms with Crippen LogP contribution in [0.2, 0.25) is 0 Å². The van der Waals surface area contributed by atoms with E-state index in [9.17, 15) is 14.0 Å². The summed E-state index contributed by atoms with van der Waals surface area (Å²) in [5.74, 6) is -1.39. The molecule has 4 nitrogen and oxygen atoms in total. The van der Waals surface area contributed by atoms with Gasteiger partial charge in [0, 0.05) is 16.5 Å². The molecule has 1 N–H and O–H groups in total. The average Bonchev–Trinajstić information content (AvgIpc) is 3.36. The van der Waals surface area contributed by atoms with Crippen LogP contribution in [-0.4, -0.2) is 15.2 Å². The molecule has 28 heavy (non-hydrogen) atoms. The summed E-state index contributed by atoms with van der Waals surface area (Å²) < 4.78 is 28.0. The van der Waals surface area contributed by atoms with E-state index >= 15 is 0 Å². The van der Waals surface area contributed by atoms with Gasteiger partial charge in [0.25, 0.3) is 0 Å². The third-order valence-corrected chi connectivity index (χ3v) is 4.98. The van der Waals surface area contributed by atoms with Crippen molar-refractivity contribution in [1.29, 1.82) is 5.26 Å². The summed E-state index contributed by atoms with van der Waals surface area (Å²) in [7, 11) is 0. The van der Waals surface area contributed by atoms with Crippen LogP contribution in [0.5, 0.6) is 0 Å².